The van der Waals surface area contributed by atoms with Crippen molar-refractivity contribution in [3.05, 3.63) is 52.0 Å². The number of carbonyl (C=O) groups excluding carboxylic acids is 1. The summed E-state index contributed by atoms with van der Waals surface area (Å²) in [6.45, 7) is 2.49. The maximum absolute atomic E-state index is 12.9. The van der Waals surface area contributed by atoms with Crippen LogP contribution >= 0.6 is 27.3 Å². The molecule has 0 spiro atoms. The van der Waals surface area contributed by atoms with Gasteiger partial charge in [-0.3, -0.25) is 4.79 Å². The van der Waals surface area contributed by atoms with Crippen LogP contribution in [0.25, 0.3) is 11.0 Å². The molecule has 1 aliphatic heterocycles. The number of hydrogen-bond acceptors (Lipinski definition) is 5. The van der Waals surface area contributed by atoms with E-state index in [1.807, 2.05) is 37.3 Å². The fraction of sp³-hybridized carbons (Fsp3) is 0.350. The molecule has 1 amide bonds. The van der Waals surface area contributed by atoms with E-state index in [4.69, 9.17) is 4.42 Å². The van der Waals surface area contributed by atoms with E-state index in [1.54, 1.807) is 12.1 Å². The largest absolute Gasteiger partial charge is 0.459 e. The van der Waals surface area contributed by atoms with Crippen LogP contribution in [-0.4, -0.2) is 31.7 Å². The molecule has 2 atom stereocenters. The second kappa shape index (κ2) is 8.22. The van der Waals surface area contributed by atoms with E-state index < -0.39 is 10.0 Å². The molecule has 29 heavy (non-hydrogen) atoms. The molecule has 2 unspecified atom stereocenters. The van der Waals surface area contributed by atoms with Crippen molar-refractivity contribution >= 4 is 54.2 Å². The predicted octanol–water partition coefficient (Wildman–Crippen LogP) is 4.53. The zero-order valence-corrected chi connectivity index (χ0v) is 19.0. The summed E-state index contributed by atoms with van der Waals surface area (Å²) < 4.78 is 34.1. The van der Waals surface area contributed by atoms with E-state index in [0.717, 1.165) is 14.8 Å². The lowest BCUT2D eigenvalue weighted by molar-refractivity contribution is -0.126. The van der Waals surface area contributed by atoms with E-state index >= 15 is 0 Å². The molecule has 2 aromatic heterocycles. The number of hydrogen-bond donors (Lipinski definition) is 1. The normalized spacial score (nSPS) is 19.3. The van der Waals surface area contributed by atoms with Gasteiger partial charge in [0.1, 0.15) is 15.6 Å². The Bertz CT molecular complexity index is 1110. The third-order valence-corrected chi connectivity index (χ3v) is 9.08. The average molecular weight is 497 g/mol. The van der Waals surface area contributed by atoms with E-state index in [2.05, 4.69) is 21.2 Å². The van der Waals surface area contributed by atoms with Crippen LogP contribution in [0.1, 0.15) is 31.6 Å². The molecule has 6 nitrogen and oxygen atoms in total. The Kier molecular flexibility index (Phi) is 5.83. The molecule has 0 radical (unpaired) electrons. The third kappa shape index (κ3) is 4.28. The van der Waals surface area contributed by atoms with Crippen LogP contribution in [0.2, 0.25) is 0 Å². The van der Waals surface area contributed by atoms with Gasteiger partial charge in [-0.15, -0.1) is 11.3 Å². The zero-order valence-electron chi connectivity index (χ0n) is 15.8. The van der Waals surface area contributed by atoms with Gasteiger partial charge < -0.3 is 9.73 Å². The molecule has 4 rings (SSSR count). The van der Waals surface area contributed by atoms with Crippen LogP contribution in [-0.2, 0) is 14.8 Å². The van der Waals surface area contributed by atoms with E-state index in [-0.39, 0.29) is 24.4 Å². The average Bonchev–Trinajstić information content (AvgIpc) is 3.34. The van der Waals surface area contributed by atoms with Crippen LogP contribution < -0.4 is 5.32 Å². The summed E-state index contributed by atoms with van der Waals surface area (Å²) in [5, 5.41) is 3.97. The van der Waals surface area contributed by atoms with Gasteiger partial charge in [0.15, 0.2) is 0 Å². The molecule has 1 aromatic carbocycles. The van der Waals surface area contributed by atoms with Gasteiger partial charge in [0.05, 0.1) is 15.7 Å². The van der Waals surface area contributed by atoms with E-state index in [0.29, 0.717) is 29.4 Å². The molecular formula is C20H21BrN2O4S2. The van der Waals surface area contributed by atoms with Crippen molar-refractivity contribution in [3.8, 4) is 0 Å². The Morgan fingerprint density at radius 1 is 1.31 bits per heavy atom. The fourth-order valence-electron chi connectivity index (χ4n) is 3.56. The van der Waals surface area contributed by atoms with Crippen molar-refractivity contribution in [1.82, 2.24) is 9.62 Å². The Balaban J connectivity index is 1.44. The highest BCUT2D eigenvalue weighted by atomic mass is 79.9. The number of amides is 1. The number of carbonyl (C=O) groups is 1. The molecule has 1 N–H and O–H groups in total. The van der Waals surface area contributed by atoms with Crippen molar-refractivity contribution in [1.29, 1.82) is 0 Å². The minimum atomic E-state index is -3.58. The minimum absolute atomic E-state index is 0.148. The lowest BCUT2D eigenvalue weighted by Gasteiger charge is -2.31. The van der Waals surface area contributed by atoms with Gasteiger partial charge in [-0.1, -0.05) is 18.2 Å². The number of fused-ring (bicyclic) bond motifs is 1. The van der Waals surface area contributed by atoms with Crippen LogP contribution in [0.5, 0.6) is 0 Å². The summed E-state index contributed by atoms with van der Waals surface area (Å²) in [5.74, 6) is 0.155. The lowest BCUT2D eigenvalue weighted by atomic mass is 9.98. The number of thiophene rings is 1. The molecule has 1 aliphatic rings. The zero-order chi connectivity index (χ0) is 20.6. The van der Waals surface area contributed by atoms with Crippen LogP contribution in [0.15, 0.2) is 54.9 Å². The number of piperidine rings is 1. The highest BCUT2D eigenvalue weighted by Crippen LogP contribution is 2.31. The second-order valence-electron chi connectivity index (χ2n) is 7.18. The van der Waals surface area contributed by atoms with Crippen LogP contribution in [0, 0.1) is 5.92 Å². The van der Waals surface area contributed by atoms with Gasteiger partial charge in [0.2, 0.25) is 5.91 Å². The number of benzene rings is 1. The summed E-state index contributed by atoms with van der Waals surface area (Å²) in [6.07, 6.45) is 1.32. The quantitative estimate of drug-likeness (QED) is 0.562. The molecule has 3 heterocycles. The third-order valence-electron chi connectivity index (χ3n) is 5.13. The molecule has 0 aliphatic carbocycles. The fourth-order valence-corrected chi connectivity index (χ4v) is 7.24. The highest BCUT2D eigenvalue weighted by molar-refractivity contribution is 9.11. The number of halogens is 1. The Morgan fingerprint density at radius 3 is 2.83 bits per heavy atom. The predicted molar refractivity (Wildman–Crippen MR) is 116 cm³/mol. The SMILES string of the molecule is CC(NC(=O)C1CCCN(S(=O)(=O)c2ccc(Br)s2)C1)c1cc2ccccc2o1. The number of nitrogens with zero attached hydrogens (tertiary/aromatic N) is 1. The molecule has 3 aromatic rings. The van der Waals surface area contributed by atoms with E-state index in [9.17, 15) is 13.2 Å². The number of para-hydroxylation sites is 1. The van der Waals surface area contributed by atoms with Gasteiger partial charge in [-0.25, -0.2) is 8.42 Å². The Morgan fingerprint density at radius 2 is 2.10 bits per heavy atom. The topological polar surface area (TPSA) is 79.6 Å². The van der Waals surface area contributed by atoms with Crippen molar-refractivity contribution < 1.29 is 17.6 Å². The monoisotopic (exact) mass is 496 g/mol. The number of sulfonamides is 1. The molecular weight excluding hydrogens is 476 g/mol. The standard InChI is InChI=1S/C20H21BrN2O4S2/c1-13(17-11-14-5-2-3-7-16(14)27-17)22-20(24)15-6-4-10-23(12-15)29(25,26)19-9-8-18(21)28-19/h2-3,5,7-9,11,13,15H,4,6,10,12H2,1H3,(H,22,24). The van der Waals surface area contributed by atoms with Gasteiger partial charge in [0, 0.05) is 18.5 Å². The van der Waals surface area contributed by atoms with Crippen molar-refractivity contribution in [2.45, 2.75) is 30.0 Å². The summed E-state index contributed by atoms with van der Waals surface area (Å²) in [4.78, 5) is 12.8. The summed E-state index contributed by atoms with van der Waals surface area (Å²) >= 11 is 4.49. The van der Waals surface area contributed by atoms with Gasteiger partial charge in [-0.2, -0.15) is 4.31 Å². The van der Waals surface area contributed by atoms with E-state index in [1.165, 1.54) is 15.6 Å². The summed E-state index contributed by atoms with van der Waals surface area (Å²) in [5.41, 5.74) is 0.778. The first-order valence-corrected chi connectivity index (χ1v) is 12.4. The smallest absolute Gasteiger partial charge is 0.252 e. The highest BCUT2D eigenvalue weighted by Gasteiger charge is 2.34. The molecule has 1 saturated heterocycles. The lowest BCUT2D eigenvalue weighted by Crippen LogP contribution is -2.45. The number of furan rings is 1. The first-order chi connectivity index (χ1) is 13.8. The first kappa shape index (κ1) is 20.6. The number of rotatable bonds is 5. The summed E-state index contributed by atoms with van der Waals surface area (Å²) in [7, 11) is -3.58. The number of nitrogens with one attached hydrogen (secondary N) is 1. The van der Waals surface area contributed by atoms with Crippen molar-refractivity contribution in [2.75, 3.05) is 13.1 Å². The molecule has 9 heteroatoms. The molecule has 1 fully saturated rings. The Labute approximate surface area is 182 Å². The van der Waals surface area contributed by atoms with Crippen molar-refractivity contribution in [2.24, 2.45) is 5.92 Å². The molecule has 0 saturated carbocycles. The Hall–Kier alpha value is -1.68. The molecule has 154 valence electrons. The first-order valence-electron chi connectivity index (χ1n) is 9.39. The van der Waals surface area contributed by atoms with Gasteiger partial charge in [0.25, 0.3) is 10.0 Å². The second-order valence-corrected chi connectivity index (χ2v) is 11.8. The van der Waals surface area contributed by atoms with Crippen LogP contribution in [0.4, 0.5) is 0 Å². The summed E-state index contributed by atoms with van der Waals surface area (Å²) in [6, 6.07) is 12.6. The van der Waals surface area contributed by atoms with Gasteiger partial charge in [-0.05, 0) is 60.0 Å². The van der Waals surface area contributed by atoms with Crippen molar-refractivity contribution in [3.63, 3.8) is 0 Å². The maximum atomic E-state index is 12.9. The van der Waals surface area contributed by atoms with Gasteiger partial charge >= 0.3 is 0 Å². The minimum Gasteiger partial charge on any atom is -0.459 e. The molecule has 0 bridgehead atoms. The van der Waals surface area contributed by atoms with Crippen LogP contribution in [0.3, 0.4) is 0 Å². The maximum Gasteiger partial charge on any atom is 0.252 e.